The Morgan fingerprint density at radius 3 is 3.00 bits per heavy atom. The molecule has 2 rings (SSSR count). The molecule has 106 valence electrons. The van der Waals surface area contributed by atoms with Crippen molar-refractivity contribution >= 4 is 15.9 Å². The lowest BCUT2D eigenvalue weighted by atomic mass is 9.87. The van der Waals surface area contributed by atoms with Crippen molar-refractivity contribution in [2.45, 2.75) is 31.4 Å². The van der Waals surface area contributed by atoms with Gasteiger partial charge in [-0.25, -0.2) is 0 Å². The zero-order valence-corrected chi connectivity index (χ0v) is 13.3. The molecule has 4 heteroatoms. The Bertz CT molecular complexity index is 423. The molecule has 2 unspecified atom stereocenters. The molecule has 1 aromatic carbocycles. The zero-order chi connectivity index (χ0) is 13.8. The molecule has 0 aliphatic heterocycles. The van der Waals surface area contributed by atoms with Crippen molar-refractivity contribution in [2.75, 3.05) is 27.2 Å². The monoisotopic (exact) mass is 326 g/mol. The van der Waals surface area contributed by atoms with E-state index in [4.69, 9.17) is 0 Å². The Morgan fingerprint density at radius 1 is 1.47 bits per heavy atom. The SMILES string of the molecule is CN(C)CC(O)CNC1CCCc2ccc(Br)cc21. The van der Waals surface area contributed by atoms with Gasteiger partial charge in [0.25, 0.3) is 0 Å². The molecule has 19 heavy (non-hydrogen) atoms. The second-order valence-electron chi connectivity index (χ2n) is 5.61. The van der Waals surface area contributed by atoms with Gasteiger partial charge in [0.2, 0.25) is 0 Å². The van der Waals surface area contributed by atoms with E-state index in [0.29, 0.717) is 19.1 Å². The van der Waals surface area contributed by atoms with Crippen LogP contribution in [0.1, 0.15) is 30.0 Å². The van der Waals surface area contributed by atoms with Crippen LogP contribution in [0.4, 0.5) is 0 Å². The number of likely N-dealkylation sites (N-methyl/N-ethyl adjacent to an activating group) is 1. The van der Waals surface area contributed by atoms with Crippen LogP contribution in [0.25, 0.3) is 0 Å². The van der Waals surface area contributed by atoms with Crippen molar-refractivity contribution in [3.05, 3.63) is 33.8 Å². The molecule has 0 heterocycles. The number of benzene rings is 1. The van der Waals surface area contributed by atoms with Gasteiger partial charge in [-0.05, 0) is 56.6 Å². The summed E-state index contributed by atoms with van der Waals surface area (Å²) < 4.78 is 1.13. The Hall–Kier alpha value is -0.420. The van der Waals surface area contributed by atoms with Crippen LogP contribution in [0, 0.1) is 0 Å². The fraction of sp³-hybridized carbons (Fsp3) is 0.600. The Kier molecular flexibility index (Phi) is 5.39. The summed E-state index contributed by atoms with van der Waals surface area (Å²) in [7, 11) is 3.96. The number of aryl methyl sites for hydroxylation is 1. The molecule has 0 fully saturated rings. The summed E-state index contributed by atoms with van der Waals surface area (Å²) in [4.78, 5) is 2.01. The largest absolute Gasteiger partial charge is 0.390 e. The number of hydrogen-bond acceptors (Lipinski definition) is 3. The quantitative estimate of drug-likeness (QED) is 0.871. The van der Waals surface area contributed by atoms with E-state index in [2.05, 4.69) is 39.4 Å². The van der Waals surface area contributed by atoms with Crippen LogP contribution < -0.4 is 5.32 Å². The van der Waals surface area contributed by atoms with Crippen LogP contribution in [0.3, 0.4) is 0 Å². The summed E-state index contributed by atoms with van der Waals surface area (Å²) in [5.41, 5.74) is 2.83. The second kappa shape index (κ2) is 6.84. The lowest BCUT2D eigenvalue weighted by Crippen LogP contribution is -2.37. The van der Waals surface area contributed by atoms with E-state index in [1.165, 1.54) is 24.0 Å². The van der Waals surface area contributed by atoms with Gasteiger partial charge in [0.1, 0.15) is 0 Å². The van der Waals surface area contributed by atoms with E-state index in [0.717, 1.165) is 10.9 Å². The highest BCUT2D eigenvalue weighted by Crippen LogP contribution is 2.31. The summed E-state index contributed by atoms with van der Waals surface area (Å²) in [6, 6.07) is 6.91. The Balaban J connectivity index is 1.97. The first-order valence-corrected chi connectivity index (χ1v) is 7.70. The van der Waals surface area contributed by atoms with Crippen molar-refractivity contribution in [2.24, 2.45) is 0 Å². The van der Waals surface area contributed by atoms with Crippen LogP contribution in [0.15, 0.2) is 22.7 Å². The second-order valence-corrected chi connectivity index (χ2v) is 6.53. The third-order valence-electron chi connectivity index (χ3n) is 3.60. The predicted octanol–water partition coefficient (Wildman–Crippen LogP) is 2.34. The van der Waals surface area contributed by atoms with Gasteiger partial charge in [0.05, 0.1) is 6.10 Å². The number of aliphatic hydroxyl groups is 1. The molecule has 1 aliphatic rings. The summed E-state index contributed by atoms with van der Waals surface area (Å²) in [6.07, 6.45) is 3.22. The number of rotatable bonds is 5. The van der Waals surface area contributed by atoms with E-state index in [1.54, 1.807) is 0 Å². The molecular formula is C15H23BrN2O. The number of nitrogens with one attached hydrogen (secondary N) is 1. The molecule has 1 aliphatic carbocycles. The third kappa shape index (κ3) is 4.28. The minimum atomic E-state index is -0.312. The molecule has 2 N–H and O–H groups in total. The van der Waals surface area contributed by atoms with E-state index in [9.17, 15) is 5.11 Å². The van der Waals surface area contributed by atoms with Crippen molar-refractivity contribution in [1.29, 1.82) is 0 Å². The predicted molar refractivity (Wildman–Crippen MR) is 82.4 cm³/mol. The Labute approximate surface area is 124 Å². The number of nitrogens with zero attached hydrogens (tertiary/aromatic N) is 1. The fourth-order valence-corrected chi connectivity index (χ4v) is 3.13. The normalized spacial score (nSPS) is 20.4. The van der Waals surface area contributed by atoms with Gasteiger partial charge in [-0.2, -0.15) is 0 Å². The molecule has 0 amide bonds. The van der Waals surface area contributed by atoms with Crippen molar-refractivity contribution in [3.8, 4) is 0 Å². The zero-order valence-electron chi connectivity index (χ0n) is 11.7. The van der Waals surface area contributed by atoms with E-state index < -0.39 is 0 Å². The van der Waals surface area contributed by atoms with Gasteiger partial charge >= 0.3 is 0 Å². The first-order valence-electron chi connectivity index (χ1n) is 6.91. The van der Waals surface area contributed by atoms with Gasteiger partial charge < -0.3 is 15.3 Å². The van der Waals surface area contributed by atoms with Crippen LogP contribution in [0.2, 0.25) is 0 Å². The maximum Gasteiger partial charge on any atom is 0.0791 e. The standard InChI is InChI=1S/C15H23BrN2O/c1-18(2)10-13(19)9-17-15-5-3-4-11-6-7-12(16)8-14(11)15/h6-8,13,15,17,19H,3-5,9-10H2,1-2H3. The highest BCUT2D eigenvalue weighted by Gasteiger charge is 2.20. The number of aliphatic hydroxyl groups excluding tert-OH is 1. The van der Waals surface area contributed by atoms with Crippen molar-refractivity contribution in [1.82, 2.24) is 10.2 Å². The first-order chi connectivity index (χ1) is 9.06. The van der Waals surface area contributed by atoms with E-state index in [1.807, 2.05) is 19.0 Å². The molecule has 0 saturated heterocycles. The maximum absolute atomic E-state index is 9.94. The van der Waals surface area contributed by atoms with E-state index >= 15 is 0 Å². The lowest BCUT2D eigenvalue weighted by Gasteiger charge is -2.28. The van der Waals surface area contributed by atoms with Gasteiger partial charge in [0, 0.05) is 23.6 Å². The number of halogens is 1. The molecule has 0 bridgehead atoms. The highest BCUT2D eigenvalue weighted by molar-refractivity contribution is 9.10. The van der Waals surface area contributed by atoms with Gasteiger partial charge in [0.15, 0.2) is 0 Å². The molecule has 0 saturated carbocycles. The van der Waals surface area contributed by atoms with Gasteiger partial charge in [-0.15, -0.1) is 0 Å². The molecule has 2 atom stereocenters. The van der Waals surface area contributed by atoms with Crippen LogP contribution in [-0.2, 0) is 6.42 Å². The number of hydrogen-bond donors (Lipinski definition) is 2. The molecule has 0 radical (unpaired) electrons. The van der Waals surface area contributed by atoms with Crippen molar-refractivity contribution in [3.63, 3.8) is 0 Å². The average Bonchev–Trinajstić information content (AvgIpc) is 2.35. The minimum absolute atomic E-state index is 0.312. The smallest absolute Gasteiger partial charge is 0.0791 e. The molecule has 0 aromatic heterocycles. The maximum atomic E-state index is 9.94. The summed E-state index contributed by atoms with van der Waals surface area (Å²) in [5, 5.41) is 13.5. The lowest BCUT2D eigenvalue weighted by molar-refractivity contribution is 0.130. The van der Waals surface area contributed by atoms with Gasteiger partial charge in [-0.1, -0.05) is 22.0 Å². The van der Waals surface area contributed by atoms with Crippen LogP contribution in [0.5, 0.6) is 0 Å². The van der Waals surface area contributed by atoms with Crippen LogP contribution >= 0.6 is 15.9 Å². The Morgan fingerprint density at radius 2 is 2.26 bits per heavy atom. The molecule has 0 spiro atoms. The molecular weight excluding hydrogens is 304 g/mol. The van der Waals surface area contributed by atoms with Crippen molar-refractivity contribution < 1.29 is 5.11 Å². The highest BCUT2D eigenvalue weighted by atomic mass is 79.9. The minimum Gasteiger partial charge on any atom is -0.390 e. The molecule has 1 aromatic rings. The summed E-state index contributed by atoms with van der Waals surface area (Å²) in [5.74, 6) is 0. The van der Waals surface area contributed by atoms with E-state index in [-0.39, 0.29) is 6.10 Å². The topological polar surface area (TPSA) is 35.5 Å². The summed E-state index contributed by atoms with van der Waals surface area (Å²) in [6.45, 7) is 1.35. The van der Waals surface area contributed by atoms with Crippen LogP contribution in [-0.4, -0.2) is 43.3 Å². The fourth-order valence-electron chi connectivity index (χ4n) is 2.75. The molecule has 3 nitrogen and oxygen atoms in total. The number of fused-ring (bicyclic) bond motifs is 1. The van der Waals surface area contributed by atoms with Gasteiger partial charge in [-0.3, -0.25) is 0 Å². The third-order valence-corrected chi connectivity index (χ3v) is 4.09. The summed E-state index contributed by atoms with van der Waals surface area (Å²) >= 11 is 3.55. The average molecular weight is 327 g/mol. The first kappa shape index (κ1) is 15.0.